The largest absolute Gasteiger partial charge is 0.419 e. The monoisotopic (exact) mass is 273 g/mol. The molecule has 6 heteroatoms. The lowest BCUT2D eigenvalue weighted by atomic mass is 10.1. The van der Waals surface area contributed by atoms with Crippen molar-refractivity contribution in [1.82, 2.24) is 9.88 Å². The van der Waals surface area contributed by atoms with Crippen LogP contribution in [0.1, 0.15) is 24.8 Å². The van der Waals surface area contributed by atoms with E-state index < -0.39 is 11.7 Å². The Balaban J connectivity index is 1.88. The number of halogens is 3. The molecule has 0 aliphatic carbocycles. The van der Waals surface area contributed by atoms with E-state index in [1.165, 1.54) is 31.5 Å². The molecule has 1 aliphatic heterocycles. The third-order valence-corrected chi connectivity index (χ3v) is 3.28. The molecule has 2 rings (SSSR count). The molecule has 0 saturated carbocycles. The van der Waals surface area contributed by atoms with Crippen LogP contribution in [0.3, 0.4) is 0 Å². The summed E-state index contributed by atoms with van der Waals surface area (Å²) in [4.78, 5) is 6.05. The third-order valence-electron chi connectivity index (χ3n) is 3.28. The van der Waals surface area contributed by atoms with Crippen LogP contribution >= 0.6 is 0 Å². The van der Waals surface area contributed by atoms with Gasteiger partial charge in [0.2, 0.25) is 0 Å². The number of nitrogens with zero attached hydrogens (tertiary/aromatic N) is 2. The van der Waals surface area contributed by atoms with E-state index in [0.29, 0.717) is 6.54 Å². The van der Waals surface area contributed by atoms with Gasteiger partial charge in [-0.1, -0.05) is 6.42 Å². The second kappa shape index (κ2) is 6.23. The standard InChI is InChI=1S/C13H18F3N3/c14-13(15,16)11-5-4-6-17-12(11)18-7-10-19-8-2-1-3-9-19/h4-6H,1-3,7-10H2,(H,17,18). The molecular weight excluding hydrogens is 255 g/mol. The Morgan fingerprint density at radius 3 is 2.63 bits per heavy atom. The summed E-state index contributed by atoms with van der Waals surface area (Å²) in [5.74, 6) is -0.0768. The number of anilines is 1. The van der Waals surface area contributed by atoms with Gasteiger partial charge >= 0.3 is 6.18 Å². The molecule has 1 aromatic rings. The van der Waals surface area contributed by atoms with Crippen molar-refractivity contribution in [2.75, 3.05) is 31.5 Å². The average molecular weight is 273 g/mol. The van der Waals surface area contributed by atoms with Crippen LogP contribution < -0.4 is 5.32 Å². The minimum Gasteiger partial charge on any atom is -0.368 e. The summed E-state index contributed by atoms with van der Waals surface area (Å²) < 4.78 is 38.2. The van der Waals surface area contributed by atoms with Gasteiger partial charge in [-0.15, -0.1) is 0 Å². The first kappa shape index (κ1) is 14.1. The number of alkyl halides is 3. The Hall–Kier alpha value is -1.30. The lowest BCUT2D eigenvalue weighted by Crippen LogP contribution is -2.34. The highest BCUT2D eigenvalue weighted by molar-refractivity contribution is 5.45. The van der Waals surface area contributed by atoms with Gasteiger partial charge in [0.05, 0.1) is 5.56 Å². The Bertz CT molecular complexity index is 400. The summed E-state index contributed by atoms with van der Waals surface area (Å²) in [7, 11) is 0. The molecule has 0 radical (unpaired) electrons. The topological polar surface area (TPSA) is 28.2 Å². The van der Waals surface area contributed by atoms with Gasteiger partial charge in [-0.3, -0.25) is 0 Å². The normalized spacial score (nSPS) is 17.4. The minimum absolute atomic E-state index is 0.0768. The SMILES string of the molecule is FC(F)(F)c1cccnc1NCCN1CCCCC1. The van der Waals surface area contributed by atoms with Crippen molar-refractivity contribution in [2.24, 2.45) is 0 Å². The van der Waals surface area contributed by atoms with Gasteiger partial charge < -0.3 is 10.2 Å². The van der Waals surface area contributed by atoms with Crippen molar-refractivity contribution in [3.8, 4) is 0 Å². The molecule has 0 unspecified atom stereocenters. The lowest BCUT2D eigenvalue weighted by Gasteiger charge is -2.26. The van der Waals surface area contributed by atoms with Crippen LogP contribution in [0.15, 0.2) is 18.3 Å². The average Bonchev–Trinajstić information content (AvgIpc) is 2.39. The van der Waals surface area contributed by atoms with E-state index in [1.54, 1.807) is 0 Å². The number of piperidine rings is 1. The molecule has 0 spiro atoms. The van der Waals surface area contributed by atoms with Crippen LogP contribution in [0.4, 0.5) is 19.0 Å². The summed E-state index contributed by atoms with van der Waals surface area (Å²) >= 11 is 0. The molecule has 3 nitrogen and oxygen atoms in total. The van der Waals surface area contributed by atoms with Gasteiger partial charge in [0.15, 0.2) is 0 Å². The van der Waals surface area contributed by atoms with Crippen molar-refractivity contribution in [2.45, 2.75) is 25.4 Å². The highest BCUT2D eigenvalue weighted by Gasteiger charge is 2.33. The van der Waals surface area contributed by atoms with E-state index in [2.05, 4.69) is 15.2 Å². The van der Waals surface area contributed by atoms with Gasteiger partial charge in [0.25, 0.3) is 0 Å². The summed E-state index contributed by atoms with van der Waals surface area (Å²) in [6.07, 6.45) is 0.622. The fourth-order valence-corrected chi connectivity index (χ4v) is 2.29. The molecule has 1 N–H and O–H groups in total. The second-order valence-electron chi connectivity index (χ2n) is 4.73. The van der Waals surface area contributed by atoms with Crippen molar-refractivity contribution in [3.63, 3.8) is 0 Å². The van der Waals surface area contributed by atoms with E-state index in [4.69, 9.17) is 0 Å². The summed E-state index contributed by atoms with van der Waals surface area (Å²) in [6, 6.07) is 2.36. The first-order valence-electron chi connectivity index (χ1n) is 6.56. The molecule has 2 heterocycles. The van der Waals surface area contributed by atoms with E-state index in [0.717, 1.165) is 25.7 Å². The first-order chi connectivity index (χ1) is 9.07. The predicted molar refractivity (Wildman–Crippen MR) is 68.0 cm³/mol. The fourth-order valence-electron chi connectivity index (χ4n) is 2.29. The van der Waals surface area contributed by atoms with Crippen LogP contribution in [0.25, 0.3) is 0 Å². The summed E-state index contributed by atoms with van der Waals surface area (Å²) in [6.45, 7) is 3.32. The second-order valence-corrected chi connectivity index (χ2v) is 4.73. The van der Waals surface area contributed by atoms with E-state index in [9.17, 15) is 13.2 Å². The molecule has 19 heavy (non-hydrogen) atoms. The number of hydrogen-bond acceptors (Lipinski definition) is 3. The van der Waals surface area contributed by atoms with E-state index in [1.807, 2.05) is 0 Å². The van der Waals surface area contributed by atoms with Gasteiger partial charge in [-0.05, 0) is 38.1 Å². The summed E-state index contributed by atoms with van der Waals surface area (Å²) in [5.41, 5.74) is -0.700. The Morgan fingerprint density at radius 1 is 1.21 bits per heavy atom. The maximum absolute atomic E-state index is 12.7. The van der Waals surface area contributed by atoms with Crippen LogP contribution in [0, 0.1) is 0 Å². The van der Waals surface area contributed by atoms with Gasteiger partial charge in [-0.2, -0.15) is 13.2 Å². The zero-order valence-corrected chi connectivity index (χ0v) is 10.7. The highest BCUT2D eigenvalue weighted by atomic mass is 19.4. The first-order valence-corrected chi connectivity index (χ1v) is 6.56. The van der Waals surface area contributed by atoms with Crippen molar-refractivity contribution < 1.29 is 13.2 Å². The number of pyridine rings is 1. The van der Waals surface area contributed by atoms with Crippen molar-refractivity contribution in [1.29, 1.82) is 0 Å². The minimum atomic E-state index is -4.36. The molecule has 0 amide bonds. The van der Waals surface area contributed by atoms with Crippen LogP contribution in [-0.4, -0.2) is 36.1 Å². The summed E-state index contributed by atoms with van der Waals surface area (Å²) in [5, 5.41) is 2.79. The molecule has 1 saturated heterocycles. The predicted octanol–water partition coefficient (Wildman–Crippen LogP) is 3.00. The van der Waals surface area contributed by atoms with E-state index in [-0.39, 0.29) is 5.82 Å². The van der Waals surface area contributed by atoms with Crippen LogP contribution in [0.5, 0.6) is 0 Å². The van der Waals surface area contributed by atoms with E-state index >= 15 is 0 Å². The van der Waals surface area contributed by atoms with Crippen LogP contribution in [0.2, 0.25) is 0 Å². The number of hydrogen-bond donors (Lipinski definition) is 1. The third kappa shape index (κ3) is 4.09. The van der Waals surface area contributed by atoms with Gasteiger partial charge in [0.1, 0.15) is 5.82 Å². The fraction of sp³-hybridized carbons (Fsp3) is 0.615. The quantitative estimate of drug-likeness (QED) is 0.914. The number of rotatable bonds is 4. The molecule has 1 aromatic heterocycles. The molecule has 0 bridgehead atoms. The lowest BCUT2D eigenvalue weighted by molar-refractivity contribution is -0.137. The number of likely N-dealkylation sites (tertiary alicyclic amines) is 1. The Morgan fingerprint density at radius 2 is 1.95 bits per heavy atom. The molecular formula is C13H18F3N3. The van der Waals surface area contributed by atoms with Crippen LogP contribution in [-0.2, 0) is 6.18 Å². The maximum atomic E-state index is 12.7. The zero-order valence-electron chi connectivity index (χ0n) is 10.7. The molecule has 0 aromatic carbocycles. The number of nitrogens with one attached hydrogen (secondary N) is 1. The Labute approximate surface area is 110 Å². The molecule has 106 valence electrons. The number of aromatic nitrogens is 1. The molecule has 1 fully saturated rings. The van der Waals surface area contributed by atoms with Gasteiger partial charge in [-0.25, -0.2) is 4.98 Å². The highest BCUT2D eigenvalue weighted by Crippen LogP contribution is 2.33. The van der Waals surface area contributed by atoms with Crippen molar-refractivity contribution in [3.05, 3.63) is 23.9 Å². The smallest absolute Gasteiger partial charge is 0.368 e. The maximum Gasteiger partial charge on any atom is 0.419 e. The van der Waals surface area contributed by atoms with Gasteiger partial charge in [0, 0.05) is 19.3 Å². The Kier molecular flexibility index (Phi) is 4.63. The molecule has 0 atom stereocenters. The zero-order chi connectivity index (χ0) is 13.7. The molecule has 1 aliphatic rings. The van der Waals surface area contributed by atoms with Crippen molar-refractivity contribution >= 4 is 5.82 Å².